The van der Waals surface area contributed by atoms with E-state index >= 15 is 26.3 Å². The SMILES string of the molecule is Nc1c(F)cc(F)c(C23CC4(C(=O)O)CC(c5c(F)cc(F)c(N)c5F)(C2)C(c2c(F)cc(F)c(N)c2F)(C4)C3)c1F. The third-order valence-electron chi connectivity index (χ3n) is 9.71. The minimum absolute atomic E-state index is 0.193. The number of halogens is 9. The molecule has 3 aromatic rings. The predicted molar refractivity (Wildman–Crippen MR) is 130 cm³/mol. The van der Waals surface area contributed by atoms with Gasteiger partial charge in [0.1, 0.15) is 34.5 Å². The Balaban J connectivity index is 1.81. The van der Waals surface area contributed by atoms with Crippen molar-refractivity contribution in [3.63, 3.8) is 0 Å². The lowest BCUT2D eigenvalue weighted by Gasteiger charge is -2.46. The average Bonchev–Trinajstić information content (AvgIpc) is 3.21. The maximum atomic E-state index is 15.9. The summed E-state index contributed by atoms with van der Waals surface area (Å²) < 4.78 is 137. The van der Waals surface area contributed by atoms with Crippen molar-refractivity contribution < 1.29 is 49.4 Å². The summed E-state index contributed by atoms with van der Waals surface area (Å²) in [6.07, 6.45) is -3.62. The van der Waals surface area contributed by atoms with E-state index in [4.69, 9.17) is 17.2 Å². The number of carboxylic acids is 1. The molecule has 0 heterocycles. The minimum Gasteiger partial charge on any atom is -0.481 e. The Morgan fingerprint density at radius 2 is 0.881 bits per heavy atom. The van der Waals surface area contributed by atoms with Gasteiger partial charge in [-0.15, -0.1) is 0 Å². The fourth-order valence-electron chi connectivity index (χ4n) is 8.64. The van der Waals surface area contributed by atoms with Gasteiger partial charge in [0.25, 0.3) is 0 Å². The zero-order chi connectivity index (χ0) is 30.9. The molecule has 2 unspecified atom stereocenters. The maximum absolute atomic E-state index is 15.9. The lowest BCUT2D eigenvalue weighted by Crippen LogP contribution is -2.47. The van der Waals surface area contributed by atoms with Crippen molar-refractivity contribution in [2.75, 3.05) is 17.2 Å². The van der Waals surface area contributed by atoms with Crippen molar-refractivity contribution in [3.8, 4) is 0 Å². The molecule has 7 N–H and O–H groups in total. The molecule has 4 aliphatic rings. The first-order chi connectivity index (χ1) is 19.5. The van der Waals surface area contributed by atoms with Crippen LogP contribution in [0, 0.1) is 57.8 Å². The van der Waals surface area contributed by atoms with E-state index in [0.717, 1.165) is 0 Å². The molecule has 14 heteroatoms. The van der Waals surface area contributed by atoms with E-state index in [1.165, 1.54) is 0 Å². The van der Waals surface area contributed by atoms with E-state index < -0.39 is 146 Å². The molecule has 4 saturated carbocycles. The summed E-state index contributed by atoms with van der Waals surface area (Å²) >= 11 is 0. The smallest absolute Gasteiger partial charge is 0.309 e. The summed E-state index contributed by atoms with van der Waals surface area (Å²) in [4.78, 5) is 12.9. The molecule has 4 bridgehead atoms. The third kappa shape index (κ3) is 3.09. The first-order valence-corrected chi connectivity index (χ1v) is 12.5. The first kappa shape index (κ1) is 28.0. The second kappa shape index (κ2) is 8.26. The Bertz CT molecular complexity index is 1680. The van der Waals surface area contributed by atoms with Crippen LogP contribution in [0.3, 0.4) is 0 Å². The second-order valence-corrected chi connectivity index (χ2v) is 11.7. The van der Waals surface area contributed by atoms with Crippen molar-refractivity contribution in [3.05, 3.63) is 87.2 Å². The van der Waals surface area contributed by atoms with Gasteiger partial charge in [0.15, 0.2) is 34.9 Å². The summed E-state index contributed by atoms with van der Waals surface area (Å²) in [5.41, 5.74) is 0.890. The van der Waals surface area contributed by atoms with E-state index in [2.05, 4.69) is 0 Å². The Morgan fingerprint density at radius 3 is 1.24 bits per heavy atom. The van der Waals surface area contributed by atoms with Gasteiger partial charge < -0.3 is 22.3 Å². The normalized spacial score (nSPS) is 29.5. The van der Waals surface area contributed by atoms with E-state index in [9.17, 15) is 23.1 Å². The summed E-state index contributed by atoms with van der Waals surface area (Å²) in [5, 5.41) is 10.4. The molecule has 0 saturated heterocycles. The van der Waals surface area contributed by atoms with Crippen molar-refractivity contribution in [1.29, 1.82) is 0 Å². The quantitative estimate of drug-likeness (QED) is 0.221. The van der Waals surface area contributed by atoms with Gasteiger partial charge in [0, 0.05) is 51.1 Å². The monoisotopic (exact) mass is 601 g/mol. The molecule has 0 amide bonds. The average molecular weight is 601 g/mol. The lowest BCUT2D eigenvalue weighted by atomic mass is 9.56. The summed E-state index contributed by atoms with van der Waals surface area (Å²) in [5.74, 6) is -16.0. The Hall–Kier alpha value is -4.10. The van der Waals surface area contributed by atoms with Gasteiger partial charge in [-0.2, -0.15) is 0 Å². The van der Waals surface area contributed by atoms with Crippen molar-refractivity contribution in [2.24, 2.45) is 5.41 Å². The molecule has 0 spiro atoms. The van der Waals surface area contributed by atoms with E-state index in [-0.39, 0.29) is 18.2 Å². The van der Waals surface area contributed by atoms with Gasteiger partial charge >= 0.3 is 5.97 Å². The number of nitrogens with two attached hydrogens (primary N) is 3. The van der Waals surface area contributed by atoms with Crippen LogP contribution in [0.4, 0.5) is 56.6 Å². The highest BCUT2D eigenvalue weighted by molar-refractivity contribution is 5.79. The zero-order valence-electron chi connectivity index (χ0n) is 21.3. The molecular formula is C28H20F9N3O2. The molecule has 4 aliphatic carbocycles. The molecule has 0 aliphatic heterocycles. The van der Waals surface area contributed by atoms with E-state index in [1.807, 2.05) is 0 Å². The highest BCUT2D eigenvalue weighted by Crippen LogP contribution is 2.81. The molecule has 222 valence electrons. The summed E-state index contributed by atoms with van der Waals surface area (Å²) in [7, 11) is 0. The van der Waals surface area contributed by atoms with Crippen LogP contribution in [0.15, 0.2) is 18.2 Å². The number of rotatable bonds is 4. The largest absolute Gasteiger partial charge is 0.481 e. The van der Waals surface area contributed by atoms with Crippen LogP contribution < -0.4 is 17.2 Å². The molecule has 4 fully saturated rings. The van der Waals surface area contributed by atoms with Gasteiger partial charge in [0.05, 0.1) is 5.41 Å². The molecule has 7 rings (SSSR count). The molecular weight excluding hydrogens is 581 g/mol. The number of carboxylic acid groups (broad SMARTS) is 1. The summed E-state index contributed by atoms with van der Waals surface area (Å²) in [6, 6.07) is 0.619. The van der Waals surface area contributed by atoms with Crippen LogP contribution in [0.2, 0.25) is 0 Å². The van der Waals surface area contributed by atoms with Gasteiger partial charge in [0.2, 0.25) is 0 Å². The van der Waals surface area contributed by atoms with Crippen molar-refractivity contribution in [1.82, 2.24) is 0 Å². The lowest BCUT2D eigenvalue weighted by molar-refractivity contribution is -0.153. The Kier molecular flexibility index (Phi) is 5.51. The van der Waals surface area contributed by atoms with E-state index in [0.29, 0.717) is 0 Å². The molecule has 0 radical (unpaired) electrons. The molecule has 42 heavy (non-hydrogen) atoms. The maximum Gasteiger partial charge on any atom is 0.309 e. The van der Waals surface area contributed by atoms with Crippen molar-refractivity contribution in [2.45, 2.75) is 48.3 Å². The minimum atomic E-state index is -2.37. The summed E-state index contributed by atoms with van der Waals surface area (Å²) in [6.45, 7) is 0. The number of hydrogen-bond donors (Lipinski definition) is 4. The van der Waals surface area contributed by atoms with Gasteiger partial charge in [-0.1, -0.05) is 0 Å². The predicted octanol–water partition coefficient (Wildman–Crippen LogP) is 5.86. The Labute approximate surface area is 231 Å². The topological polar surface area (TPSA) is 115 Å². The van der Waals surface area contributed by atoms with Crippen LogP contribution in [0.1, 0.15) is 48.8 Å². The molecule has 2 atom stereocenters. The second-order valence-electron chi connectivity index (χ2n) is 11.7. The van der Waals surface area contributed by atoms with Crippen LogP contribution >= 0.6 is 0 Å². The number of carbonyl (C=O) groups is 1. The molecule has 3 aromatic carbocycles. The molecule has 0 aromatic heterocycles. The number of aliphatic carboxylic acids is 1. The van der Waals surface area contributed by atoms with Crippen LogP contribution in [-0.4, -0.2) is 11.1 Å². The van der Waals surface area contributed by atoms with E-state index in [1.54, 1.807) is 0 Å². The number of benzene rings is 3. The fourth-order valence-corrected chi connectivity index (χ4v) is 8.64. The standard InChI is InChI=1S/C28H20F9N3O2/c29-9-1-12(32)21(38)18(35)15(9)25-4-26(24(41)42)7-27(5-25,16-10(30)2-13(33)22(39)19(16)36)28(6-25,8-26)17-11(31)3-14(34)23(40)20(17)37/h1-3H,4-8,38-40H2,(H,41,42). The zero-order valence-corrected chi connectivity index (χ0v) is 21.3. The van der Waals surface area contributed by atoms with Crippen LogP contribution in [0.25, 0.3) is 0 Å². The van der Waals surface area contributed by atoms with Gasteiger partial charge in [-0.25, -0.2) is 39.5 Å². The Morgan fingerprint density at radius 1 is 0.548 bits per heavy atom. The first-order valence-electron chi connectivity index (χ1n) is 12.5. The number of nitrogen functional groups attached to an aromatic ring is 3. The van der Waals surface area contributed by atoms with Gasteiger partial charge in [-0.05, 0) is 32.1 Å². The highest BCUT2D eigenvalue weighted by Gasteiger charge is 2.81. The van der Waals surface area contributed by atoms with Crippen LogP contribution in [-0.2, 0) is 21.0 Å². The molecule has 5 nitrogen and oxygen atoms in total. The van der Waals surface area contributed by atoms with Crippen molar-refractivity contribution >= 4 is 23.0 Å². The number of hydrogen-bond acceptors (Lipinski definition) is 4. The van der Waals surface area contributed by atoms with Crippen LogP contribution in [0.5, 0.6) is 0 Å². The van der Waals surface area contributed by atoms with Gasteiger partial charge in [-0.3, -0.25) is 4.79 Å². The number of anilines is 3. The third-order valence-corrected chi connectivity index (χ3v) is 9.71. The highest BCUT2D eigenvalue weighted by atomic mass is 19.2. The fraction of sp³-hybridized carbons (Fsp3) is 0.321.